The summed E-state index contributed by atoms with van der Waals surface area (Å²) in [6.45, 7) is 1.81. The average molecular weight is 550 g/mol. The van der Waals surface area contributed by atoms with Gasteiger partial charge in [0.1, 0.15) is 17.6 Å². The molecule has 2 aromatic heterocycles. The molecular formula is C26H23N5O5S2. The molecule has 0 amide bonds. The summed E-state index contributed by atoms with van der Waals surface area (Å²) in [7, 11) is -3.43. The minimum atomic E-state index is -3.43. The molecule has 0 radical (unpaired) electrons. The number of nitro benzene ring substituents is 1. The number of aromatic nitrogens is 1. The molecule has 194 valence electrons. The van der Waals surface area contributed by atoms with E-state index in [-0.39, 0.29) is 11.7 Å². The van der Waals surface area contributed by atoms with E-state index in [0.29, 0.717) is 27.9 Å². The molecule has 4 aromatic rings. The van der Waals surface area contributed by atoms with Gasteiger partial charge >= 0.3 is 0 Å². The zero-order chi connectivity index (χ0) is 27.0. The van der Waals surface area contributed by atoms with Crippen LogP contribution in [0.25, 0.3) is 11.3 Å². The monoisotopic (exact) mass is 549 g/mol. The molecule has 5 rings (SSSR count). The van der Waals surface area contributed by atoms with Gasteiger partial charge in [0.05, 0.1) is 28.6 Å². The van der Waals surface area contributed by atoms with Gasteiger partial charge in [-0.2, -0.15) is 0 Å². The maximum absolute atomic E-state index is 11.7. The van der Waals surface area contributed by atoms with Crippen LogP contribution >= 0.6 is 12.2 Å². The second-order valence-corrected chi connectivity index (χ2v) is 11.0. The number of thiocarbonyl (C=S) groups is 1. The Morgan fingerprint density at radius 1 is 1.11 bits per heavy atom. The van der Waals surface area contributed by atoms with Crippen LogP contribution in [0.5, 0.6) is 0 Å². The Bertz CT molecular complexity index is 1620. The Balaban J connectivity index is 1.56. The number of nitrogens with one attached hydrogen (secondary N) is 2. The van der Waals surface area contributed by atoms with Gasteiger partial charge in [-0.05, 0) is 79.3 Å². The van der Waals surface area contributed by atoms with Crippen LogP contribution in [0.1, 0.15) is 29.1 Å². The molecule has 0 saturated carbocycles. The van der Waals surface area contributed by atoms with E-state index in [4.69, 9.17) is 16.6 Å². The lowest BCUT2D eigenvalue weighted by Crippen LogP contribution is -2.29. The zero-order valence-corrected chi connectivity index (χ0v) is 22.0. The van der Waals surface area contributed by atoms with Crippen molar-refractivity contribution in [3.63, 3.8) is 0 Å². The van der Waals surface area contributed by atoms with Crippen molar-refractivity contribution in [2.24, 2.45) is 0 Å². The van der Waals surface area contributed by atoms with Gasteiger partial charge < -0.3 is 14.6 Å². The molecule has 2 aromatic carbocycles. The van der Waals surface area contributed by atoms with E-state index in [9.17, 15) is 18.5 Å². The van der Waals surface area contributed by atoms with Crippen molar-refractivity contribution in [3.05, 3.63) is 106 Å². The van der Waals surface area contributed by atoms with Crippen LogP contribution in [0, 0.1) is 17.0 Å². The Morgan fingerprint density at radius 3 is 2.50 bits per heavy atom. The van der Waals surface area contributed by atoms with Gasteiger partial charge in [-0.1, -0.05) is 6.07 Å². The third-order valence-electron chi connectivity index (χ3n) is 6.16. The Kier molecular flexibility index (Phi) is 6.59. The molecule has 2 N–H and O–H groups in total. The summed E-state index contributed by atoms with van der Waals surface area (Å²) < 4.78 is 32.3. The van der Waals surface area contributed by atoms with Crippen LogP contribution in [0.4, 0.5) is 17.1 Å². The van der Waals surface area contributed by atoms with Crippen molar-refractivity contribution in [1.29, 1.82) is 0 Å². The SMILES string of the molecule is Cc1cc(N2C(=S)N[C@@H](c3ccccn3)[C@H]2c2ccc(-c3ccc([N+](=O)[O-])cc3)o2)ccc1NS(C)(=O)=O. The fourth-order valence-electron chi connectivity index (χ4n) is 4.45. The molecule has 1 saturated heterocycles. The van der Waals surface area contributed by atoms with Crippen molar-refractivity contribution >= 4 is 44.4 Å². The number of nitrogens with zero attached hydrogens (tertiary/aromatic N) is 3. The standard InChI is InChI=1S/C26H23N5O5S2/c1-16-15-19(10-11-20(16)29-38(2,34)35)30-25(24(28-26(30)37)21-5-3-4-14-27-21)23-13-12-22(36-23)17-6-8-18(9-7-17)31(32)33/h3-15,24-25,29H,1-2H3,(H,28,37)/t24-,25+/m0/s1. The number of furan rings is 1. The van der Waals surface area contributed by atoms with Gasteiger partial charge in [0.25, 0.3) is 5.69 Å². The Labute approximate surface area is 224 Å². The van der Waals surface area contributed by atoms with Gasteiger partial charge in [-0.25, -0.2) is 8.42 Å². The molecule has 1 aliphatic heterocycles. The van der Waals surface area contributed by atoms with E-state index >= 15 is 0 Å². The zero-order valence-electron chi connectivity index (χ0n) is 20.4. The van der Waals surface area contributed by atoms with Crippen LogP contribution in [0.15, 0.2) is 83.4 Å². The summed E-state index contributed by atoms with van der Waals surface area (Å²) in [5, 5.41) is 14.8. The molecule has 3 heterocycles. The number of non-ortho nitro benzene ring substituents is 1. The number of rotatable bonds is 7. The Morgan fingerprint density at radius 2 is 1.87 bits per heavy atom. The predicted molar refractivity (Wildman–Crippen MR) is 148 cm³/mol. The van der Waals surface area contributed by atoms with Crippen molar-refractivity contribution in [3.8, 4) is 11.3 Å². The highest BCUT2D eigenvalue weighted by Gasteiger charge is 2.42. The van der Waals surface area contributed by atoms with Crippen molar-refractivity contribution in [2.45, 2.75) is 19.0 Å². The minimum Gasteiger partial charge on any atom is -0.459 e. The van der Waals surface area contributed by atoms with Crippen LogP contribution < -0.4 is 14.9 Å². The summed E-state index contributed by atoms with van der Waals surface area (Å²) in [5.74, 6) is 1.16. The van der Waals surface area contributed by atoms with E-state index in [2.05, 4.69) is 15.0 Å². The fourth-order valence-corrected chi connectivity index (χ4v) is 5.42. The van der Waals surface area contributed by atoms with E-state index in [1.54, 1.807) is 30.5 Å². The summed E-state index contributed by atoms with van der Waals surface area (Å²) in [4.78, 5) is 17.0. The predicted octanol–water partition coefficient (Wildman–Crippen LogP) is 5.11. The van der Waals surface area contributed by atoms with Gasteiger partial charge in [0, 0.05) is 29.6 Å². The molecule has 0 spiro atoms. The van der Waals surface area contributed by atoms with Gasteiger partial charge in [-0.15, -0.1) is 0 Å². The summed E-state index contributed by atoms with van der Waals surface area (Å²) in [6, 6.07) is 20.0. The second kappa shape index (κ2) is 9.88. The van der Waals surface area contributed by atoms with Crippen LogP contribution in [0.3, 0.4) is 0 Å². The first-order valence-electron chi connectivity index (χ1n) is 11.5. The molecule has 2 atom stereocenters. The number of sulfonamides is 1. The van der Waals surface area contributed by atoms with Gasteiger partial charge in [0.15, 0.2) is 5.11 Å². The first-order chi connectivity index (χ1) is 18.1. The van der Waals surface area contributed by atoms with E-state index in [0.717, 1.165) is 23.2 Å². The number of benzene rings is 2. The van der Waals surface area contributed by atoms with Crippen molar-refractivity contribution in [1.82, 2.24) is 10.3 Å². The molecule has 10 nitrogen and oxygen atoms in total. The highest BCUT2D eigenvalue weighted by Crippen LogP contribution is 2.43. The molecule has 12 heteroatoms. The smallest absolute Gasteiger partial charge is 0.269 e. The minimum absolute atomic E-state index is 0.00329. The third kappa shape index (κ3) is 5.08. The third-order valence-corrected chi connectivity index (χ3v) is 7.07. The molecule has 1 aliphatic rings. The second-order valence-electron chi connectivity index (χ2n) is 8.88. The van der Waals surface area contributed by atoms with Crippen LogP contribution in [0.2, 0.25) is 0 Å². The number of pyridine rings is 1. The first kappa shape index (κ1) is 25.4. The molecule has 38 heavy (non-hydrogen) atoms. The summed E-state index contributed by atoms with van der Waals surface area (Å²) in [6.07, 6.45) is 2.81. The number of hydrogen-bond acceptors (Lipinski definition) is 7. The molecule has 0 bridgehead atoms. The topological polar surface area (TPSA) is 131 Å². The summed E-state index contributed by atoms with van der Waals surface area (Å²) >= 11 is 5.75. The van der Waals surface area contributed by atoms with Crippen LogP contribution in [-0.4, -0.2) is 29.7 Å². The first-order valence-corrected chi connectivity index (χ1v) is 13.8. The number of hydrogen-bond donors (Lipinski definition) is 2. The average Bonchev–Trinajstić information content (AvgIpc) is 3.50. The van der Waals surface area contributed by atoms with Gasteiger partial charge in [0.2, 0.25) is 10.0 Å². The highest BCUT2D eigenvalue weighted by molar-refractivity contribution is 7.92. The van der Waals surface area contributed by atoms with E-state index in [1.165, 1.54) is 12.1 Å². The molecular weight excluding hydrogens is 526 g/mol. The summed E-state index contributed by atoms with van der Waals surface area (Å²) in [5.41, 5.74) is 3.41. The lowest BCUT2D eigenvalue weighted by atomic mass is 10.0. The van der Waals surface area contributed by atoms with Crippen molar-refractivity contribution in [2.75, 3.05) is 15.9 Å². The normalized spacial score (nSPS) is 17.3. The maximum Gasteiger partial charge on any atom is 0.269 e. The number of aryl methyl sites for hydroxylation is 1. The quantitative estimate of drug-likeness (QED) is 0.183. The van der Waals surface area contributed by atoms with E-state index < -0.39 is 21.0 Å². The maximum atomic E-state index is 11.7. The highest BCUT2D eigenvalue weighted by atomic mass is 32.2. The van der Waals surface area contributed by atoms with E-state index in [1.807, 2.05) is 48.2 Å². The van der Waals surface area contributed by atoms with Gasteiger partial charge in [-0.3, -0.25) is 19.8 Å². The van der Waals surface area contributed by atoms with Crippen LogP contribution in [-0.2, 0) is 10.0 Å². The molecule has 1 fully saturated rings. The number of nitro groups is 1. The number of anilines is 2. The largest absolute Gasteiger partial charge is 0.459 e. The lowest BCUT2D eigenvalue weighted by molar-refractivity contribution is -0.384. The molecule has 0 aliphatic carbocycles. The van der Waals surface area contributed by atoms with Crippen molar-refractivity contribution < 1.29 is 17.8 Å². The molecule has 0 unspecified atom stereocenters. The fraction of sp³-hybridized carbons (Fsp3) is 0.154. The lowest BCUT2D eigenvalue weighted by Gasteiger charge is -2.26. The Hall–Kier alpha value is -4.29.